The van der Waals surface area contributed by atoms with Gasteiger partial charge in [0.15, 0.2) is 0 Å². The highest BCUT2D eigenvalue weighted by molar-refractivity contribution is 5.67. The van der Waals surface area contributed by atoms with Gasteiger partial charge in [0.25, 0.3) is 0 Å². The lowest BCUT2D eigenvalue weighted by Gasteiger charge is -2.25. The first kappa shape index (κ1) is 9.10. The van der Waals surface area contributed by atoms with Crippen molar-refractivity contribution in [3.8, 4) is 0 Å². The largest absolute Gasteiger partial charge is 0.316 e. The molecule has 1 aromatic heterocycles. The van der Waals surface area contributed by atoms with Crippen LogP contribution in [-0.4, -0.2) is 18.1 Å². The second kappa shape index (κ2) is 3.78. The van der Waals surface area contributed by atoms with E-state index >= 15 is 0 Å². The first-order valence-electron chi connectivity index (χ1n) is 5.75. The summed E-state index contributed by atoms with van der Waals surface area (Å²) in [6.45, 7) is 2.35. The molecular weight excluding hydrogens is 184 g/mol. The van der Waals surface area contributed by atoms with Crippen LogP contribution in [0.3, 0.4) is 0 Å². The number of hydrogen-bond donors (Lipinski definition) is 1. The van der Waals surface area contributed by atoms with Gasteiger partial charge in [-0.2, -0.15) is 0 Å². The van der Waals surface area contributed by atoms with Crippen molar-refractivity contribution < 1.29 is 0 Å². The van der Waals surface area contributed by atoms with Gasteiger partial charge in [0.05, 0.1) is 0 Å². The van der Waals surface area contributed by atoms with Crippen molar-refractivity contribution in [2.75, 3.05) is 13.1 Å². The van der Waals surface area contributed by atoms with Gasteiger partial charge >= 0.3 is 0 Å². The summed E-state index contributed by atoms with van der Waals surface area (Å²) in [5.41, 5.74) is 2.81. The maximum absolute atomic E-state index is 4.19. The van der Waals surface area contributed by atoms with Crippen LogP contribution in [0.1, 0.15) is 18.4 Å². The maximum atomic E-state index is 4.19. The van der Waals surface area contributed by atoms with E-state index in [1.54, 1.807) is 0 Å². The molecule has 0 radical (unpaired) electrons. The molecule has 1 saturated heterocycles. The number of hydrogen-bond acceptors (Lipinski definition) is 2. The van der Waals surface area contributed by atoms with Crippen molar-refractivity contribution >= 4 is 5.57 Å². The van der Waals surface area contributed by atoms with Gasteiger partial charge in [-0.25, -0.2) is 0 Å². The Labute approximate surface area is 90.4 Å². The predicted octanol–water partition coefficient (Wildman–Crippen LogP) is 2.09. The van der Waals surface area contributed by atoms with Crippen LogP contribution in [0.15, 0.2) is 30.6 Å². The van der Waals surface area contributed by atoms with E-state index in [1.165, 1.54) is 30.5 Å². The van der Waals surface area contributed by atoms with Crippen molar-refractivity contribution in [2.45, 2.75) is 12.8 Å². The zero-order chi connectivity index (χ0) is 10.1. The van der Waals surface area contributed by atoms with E-state index < -0.39 is 0 Å². The van der Waals surface area contributed by atoms with Crippen LogP contribution >= 0.6 is 0 Å². The number of aromatic nitrogens is 1. The van der Waals surface area contributed by atoms with Gasteiger partial charge in [-0.1, -0.05) is 12.1 Å². The number of pyridine rings is 1. The van der Waals surface area contributed by atoms with Crippen molar-refractivity contribution in [3.63, 3.8) is 0 Å². The number of fused-ring (bicyclic) bond motifs is 1. The summed E-state index contributed by atoms with van der Waals surface area (Å²) < 4.78 is 0. The van der Waals surface area contributed by atoms with Crippen LogP contribution in [0.4, 0.5) is 0 Å². The van der Waals surface area contributed by atoms with Gasteiger partial charge in [-0.15, -0.1) is 0 Å². The Morgan fingerprint density at radius 1 is 1.40 bits per heavy atom. The van der Waals surface area contributed by atoms with Crippen molar-refractivity contribution in [3.05, 3.63) is 36.2 Å². The third-order valence-corrected chi connectivity index (χ3v) is 3.61. The monoisotopic (exact) mass is 200 g/mol. The molecule has 2 aliphatic rings. The lowest BCUT2D eigenvalue weighted by Crippen LogP contribution is -2.33. The average molecular weight is 200 g/mol. The number of allylic oxidation sites excluding steroid dienone is 1. The SMILES string of the molecule is C1=C(c2cccnc2)C[C@@H]2CCNC[C@H]12. The summed E-state index contributed by atoms with van der Waals surface area (Å²) in [5, 5.41) is 3.47. The summed E-state index contributed by atoms with van der Waals surface area (Å²) in [7, 11) is 0. The topological polar surface area (TPSA) is 24.9 Å². The first-order valence-corrected chi connectivity index (χ1v) is 5.75. The summed E-state index contributed by atoms with van der Waals surface area (Å²) in [5.74, 6) is 1.63. The Kier molecular flexibility index (Phi) is 2.29. The number of nitrogens with one attached hydrogen (secondary N) is 1. The molecule has 2 nitrogen and oxygen atoms in total. The molecule has 0 spiro atoms. The fourth-order valence-corrected chi connectivity index (χ4v) is 2.76. The van der Waals surface area contributed by atoms with Crippen molar-refractivity contribution in [1.29, 1.82) is 0 Å². The van der Waals surface area contributed by atoms with E-state index in [2.05, 4.69) is 22.4 Å². The Bertz CT molecular complexity index is 369. The molecule has 2 heteroatoms. The first-order chi connectivity index (χ1) is 7.43. The van der Waals surface area contributed by atoms with Gasteiger partial charge in [0.2, 0.25) is 0 Å². The fourth-order valence-electron chi connectivity index (χ4n) is 2.76. The molecule has 15 heavy (non-hydrogen) atoms. The second-order valence-electron chi connectivity index (χ2n) is 4.55. The van der Waals surface area contributed by atoms with Crippen LogP contribution in [0.5, 0.6) is 0 Å². The summed E-state index contributed by atoms with van der Waals surface area (Å²) in [4.78, 5) is 4.19. The molecule has 0 unspecified atom stereocenters. The molecule has 0 bridgehead atoms. The molecule has 1 aliphatic heterocycles. The molecule has 3 rings (SSSR count). The lowest BCUT2D eigenvalue weighted by molar-refractivity contribution is 0.323. The average Bonchev–Trinajstić information content (AvgIpc) is 2.74. The summed E-state index contributed by atoms with van der Waals surface area (Å²) in [6, 6.07) is 4.19. The molecule has 1 aliphatic carbocycles. The van der Waals surface area contributed by atoms with E-state index in [-0.39, 0.29) is 0 Å². The van der Waals surface area contributed by atoms with E-state index in [0.717, 1.165) is 18.4 Å². The highest BCUT2D eigenvalue weighted by atomic mass is 14.9. The minimum Gasteiger partial charge on any atom is -0.316 e. The smallest absolute Gasteiger partial charge is 0.0342 e. The highest BCUT2D eigenvalue weighted by Gasteiger charge is 2.29. The standard InChI is InChI=1S/C13H16N2/c1-2-11(8-14-4-1)12-6-10-3-5-15-9-13(10)7-12/h1-2,4,7-8,10,13,15H,3,5-6,9H2/t10-,13-/m0/s1. The Morgan fingerprint density at radius 2 is 2.40 bits per heavy atom. The van der Waals surface area contributed by atoms with Crippen LogP contribution < -0.4 is 5.32 Å². The number of nitrogens with zero attached hydrogens (tertiary/aromatic N) is 1. The zero-order valence-corrected chi connectivity index (χ0v) is 8.82. The van der Waals surface area contributed by atoms with Gasteiger partial charge < -0.3 is 5.32 Å². The molecule has 1 N–H and O–H groups in total. The molecule has 2 atom stereocenters. The lowest BCUT2D eigenvalue weighted by atomic mass is 9.89. The predicted molar refractivity (Wildman–Crippen MR) is 61.3 cm³/mol. The Hall–Kier alpha value is -1.15. The van der Waals surface area contributed by atoms with Crippen LogP contribution in [0.2, 0.25) is 0 Å². The normalized spacial score (nSPS) is 29.7. The number of piperidine rings is 1. The van der Waals surface area contributed by atoms with Crippen molar-refractivity contribution in [2.24, 2.45) is 11.8 Å². The zero-order valence-electron chi connectivity index (χ0n) is 8.82. The molecule has 0 aromatic carbocycles. The van der Waals surface area contributed by atoms with Crippen LogP contribution in [-0.2, 0) is 0 Å². The molecule has 1 fully saturated rings. The minimum absolute atomic E-state index is 0.758. The quantitative estimate of drug-likeness (QED) is 0.751. The molecule has 1 aromatic rings. The maximum Gasteiger partial charge on any atom is 0.0342 e. The van der Waals surface area contributed by atoms with E-state index in [1.807, 2.05) is 18.5 Å². The molecule has 0 amide bonds. The van der Waals surface area contributed by atoms with Gasteiger partial charge in [0, 0.05) is 18.9 Å². The third-order valence-electron chi connectivity index (χ3n) is 3.61. The van der Waals surface area contributed by atoms with Crippen LogP contribution in [0, 0.1) is 11.8 Å². The van der Waals surface area contributed by atoms with E-state index in [0.29, 0.717) is 0 Å². The van der Waals surface area contributed by atoms with Gasteiger partial charge in [0.1, 0.15) is 0 Å². The molecular formula is C13H16N2. The molecule has 2 heterocycles. The number of rotatable bonds is 1. The summed E-state index contributed by atoms with van der Waals surface area (Å²) >= 11 is 0. The van der Waals surface area contributed by atoms with Crippen LogP contribution in [0.25, 0.3) is 5.57 Å². The minimum atomic E-state index is 0.758. The Balaban J connectivity index is 1.84. The third kappa shape index (κ3) is 1.70. The highest BCUT2D eigenvalue weighted by Crippen LogP contribution is 2.38. The second-order valence-corrected chi connectivity index (χ2v) is 4.55. The summed E-state index contributed by atoms with van der Waals surface area (Å²) in [6.07, 6.45) is 8.85. The van der Waals surface area contributed by atoms with Gasteiger partial charge in [-0.3, -0.25) is 4.98 Å². The van der Waals surface area contributed by atoms with Crippen molar-refractivity contribution in [1.82, 2.24) is 10.3 Å². The molecule has 0 saturated carbocycles. The Morgan fingerprint density at radius 3 is 3.20 bits per heavy atom. The van der Waals surface area contributed by atoms with E-state index in [4.69, 9.17) is 0 Å². The fraction of sp³-hybridized carbons (Fsp3) is 0.462. The molecule has 78 valence electrons. The van der Waals surface area contributed by atoms with E-state index in [9.17, 15) is 0 Å². The van der Waals surface area contributed by atoms with Gasteiger partial charge in [-0.05, 0) is 48.4 Å².